The summed E-state index contributed by atoms with van der Waals surface area (Å²) in [7, 11) is 1.47. The van der Waals surface area contributed by atoms with Crippen molar-refractivity contribution in [3.63, 3.8) is 0 Å². The van der Waals surface area contributed by atoms with Gasteiger partial charge in [0.05, 0.1) is 12.7 Å². The number of phenols is 1. The molecule has 0 amide bonds. The van der Waals surface area contributed by atoms with Crippen LogP contribution in [0.5, 0.6) is 11.5 Å². The second kappa shape index (κ2) is 6.59. The quantitative estimate of drug-likeness (QED) is 0.860. The van der Waals surface area contributed by atoms with E-state index < -0.39 is 0 Å². The first-order chi connectivity index (χ1) is 10.7. The number of phenolic OH excluding ortho intramolecular Hbond substituents is 1. The van der Waals surface area contributed by atoms with Gasteiger partial charge >= 0.3 is 5.97 Å². The molecular formula is C18H24O4. The molecule has 1 N–H and O–H groups in total. The van der Waals surface area contributed by atoms with Crippen LogP contribution in [0.25, 0.3) is 0 Å². The molecule has 1 aromatic rings. The standard InChI is InChI=1S/C18H24O4/c1-21-17-11-14(7-9-16(17)19)18(20)22-15-8-6-12-4-2-3-5-13(12)10-15/h7,9,11-13,15,19H,2-6,8,10H2,1H3. The lowest BCUT2D eigenvalue weighted by Crippen LogP contribution is -2.33. The van der Waals surface area contributed by atoms with Gasteiger partial charge in [-0.3, -0.25) is 0 Å². The SMILES string of the molecule is COc1cc(C(=O)OC2CCC3CCCCC3C2)ccc1O. The molecule has 0 aliphatic heterocycles. The first-order valence-corrected chi connectivity index (χ1v) is 8.25. The Labute approximate surface area is 131 Å². The van der Waals surface area contributed by atoms with Crippen LogP contribution in [0.3, 0.4) is 0 Å². The minimum atomic E-state index is -0.322. The van der Waals surface area contributed by atoms with E-state index in [1.165, 1.54) is 51.3 Å². The predicted molar refractivity (Wildman–Crippen MR) is 83.2 cm³/mol. The average molecular weight is 304 g/mol. The Bertz CT molecular complexity index is 540. The third kappa shape index (κ3) is 3.21. The molecule has 3 atom stereocenters. The molecule has 3 rings (SSSR count). The largest absolute Gasteiger partial charge is 0.504 e. The number of ether oxygens (including phenoxy) is 2. The van der Waals surface area contributed by atoms with Gasteiger partial charge < -0.3 is 14.6 Å². The second-order valence-corrected chi connectivity index (χ2v) is 6.53. The number of carbonyl (C=O) groups excluding carboxylic acids is 1. The zero-order valence-electron chi connectivity index (χ0n) is 13.1. The fourth-order valence-electron chi connectivity index (χ4n) is 3.96. The van der Waals surface area contributed by atoms with Gasteiger partial charge in [-0.25, -0.2) is 4.79 Å². The summed E-state index contributed by atoms with van der Waals surface area (Å²) in [4.78, 5) is 12.3. The van der Waals surface area contributed by atoms with Crippen molar-refractivity contribution in [2.75, 3.05) is 7.11 Å². The fourth-order valence-corrected chi connectivity index (χ4v) is 3.96. The summed E-state index contributed by atoms with van der Waals surface area (Å²) >= 11 is 0. The highest BCUT2D eigenvalue weighted by molar-refractivity contribution is 5.90. The van der Waals surface area contributed by atoms with Gasteiger partial charge in [0.2, 0.25) is 0 Å². The zero-order valence-corrected chi connectivity index (χ0v) is 13.1. The molecule has 3 unspecified atom stereocenters. The Balaban J connectivity index is 1.62. The normalized spacial score (nSPS) is 27.8. The molecule has 22 heavy (non-hydrogen) atoms. The lowest BCUT2D eigenvalue weighted by Gasteiger charge is -2.38. The summed E-state index contributed by atoms with van der Waals surface area (Å²) in [5.74, 6) is 1.58. The first-order valence-electron chi connectivity index (χ1n) is 8.25. The van der Waals surface area contributed by atoms with Gasteiger partial charge in [0, 0.05) is 0 Å². The van der Waals surface area contributed by atoms with Gasteiger partial charge in [0.25, 0.3) is 0 Å². The Morgan fingerprint density at radius 2 is 1.91 bits per heavy atom. The van der Waals surface area contributed by atoms with E-state index in [-0.39, 0.29) is 17.8 Å². The molecule has 120 valence electrons. The summed E-state index contributed by atoms with van der Waals surface area (Å²) < 4.78 is 10.7. The number of carbonyl (C=O) groups is 1. The first kappa shape index (κ1) is 15.2. The van der Waals surface area contributed by atoms with Crippen LogP contribution in [-0.2, 0) is 4.74 Å². The van der Waals surface area contributed by atoms with Gasteiger partial charge in [-0.2, -0.15) is 0 Å². The molecule has 0 saturated heterocycles. The van der Waals surface area contributed by atoms with E-state index in [9.17, 15) is 9.90 Å². The monoisotopic (exact) mass is 304 g/mol. The van der Waals surface area contributed by atoms with Crippen molar-refractivity contribution in [3.8, 4) is 11.5 Å². The van der Waals surface area contributed by atoms with Crippen molar-refractivity contribution in [1.82, 2.24) is 0 Å². The number of fused-ring (bicyclic) bond motifs is 1. The minimum Gasteiger partial charge on any atom is -0.504 e. The molecule has 0 aromatic heterocycles. The Hall–Kier alpha value is -1.71. The molecule has 0 radical (unpaired) electrons. The van der Waals surface area contributed by atoms with Gasteiger partial charge in [-0.15, -0.1) is 0 Å². The van der Waals surface area contributed by atoms with Crippen molar-refractivity contribution < 1.29 is 19.4 Å². The Morgan fingerprint density at radius 1 is 1.14 bits per heavy atom. The molecular weight excluding hydrogens is 280 g/mol. The molecule has 1 aromatic carbocycles. The number of esters is 1. The lowest BCUT2D eigenvalue weighted by atomic mass is 9.70. The average Bonchev–Trinajstić information content (AvgIpc) is 2.55. The van der Waals surface area contributed by atoms with Crippen LogP contribution in [0.2, 0.25) is 0 Å². The Morgan fingerprint density at radius 3 is 2.68 bits per heavy atom. The summed E-state index contributed by atoms with van der Waals surface area (Å²) in [5.41, 5.74) is 0.431. The van der Waals surface area contributed by atoms with Crippen molar-refractivity contribution in [3.05, 3.63) is 23.8 Å². The summed E-state index contributed by atoms with van der Waals surface area (Å²) in [6.45, 7) is 0. The molecule has 0 spiro atoms. The Kier molecular flexibility index (Phi) is 4.55. The number of methoxy groups -OCH3 is 1. The number of hydrogen-bond acceptors (Lipinski definition) is 4. The third-order valence-corrected chi connectivity index (χ3v) is 5.18. The van der Waals surface area contributed by atoms with E-state index >= 15 is 0 Å². The van der Waals surface area contributed by atoms with Crippen LogP contribution < -0.4 is 4.74 Å². The maximum Gasteiger partial charge on any atom is 0.338 e. The third-order valence-electron chi connectivity index (χ3n) is 5.18. The van der Waals surface area contributed by atoms with Gasteiger partial charge in [-0.1, -0.05) is 25.7 Å². The van der Waals surface area contributed by atoms with E-state index in [1.54, 1.807) is 6.07 Å². The van der Waals surface area contributed by atoms with Crippen LogP contribution >= 0.6 is 0 Å². The zero-order chi connectivity index (χ0) is 15.5. The predicted octanol–water partition coefficient (Wildman–Crippen LogP) is 3.92. The minimum absolute atomic E-state index is 0.0294. The molecule has 2 saturated carbocycles. The topological polar surface area (TPSA) is 55.8 Å². The van der Waals surface area contributed by atoms with Crippen LogP contribution in [0, 0.1) is 11.8 Å². The molecule has 0 bridgehead atoms. The number of rotatable bonds is 3. The van der Waals surface area contributed by atoms with Crippen LogP contribution in [0.1, 0.15) is 55.3 Å². The van der Waals surface area contributed by atoms with E-state index in [0.29, 0.717) is 11.3 Å². The highest BCUT2D eigenvalue weighted by Gasteiger charge is 2.33. The van der Waals surface area contributed by atoms with Crippen LogP contribution in [0.4, 0.5) is 0 Å². The highest BCUT2D eigenvalue weighted by Crippen LogP contribution is 2.41. The fraction of sp³-hybridized carbons (Fsp3) is 0.611. The maximum absolute atomic E-state index is 12.3. The van der Waals surface area contributed by atoms with Crippen molar-refractivity contribution in [1.29, 1.82) is 0 Å². The lowest BCUT2D eigenvalue weighted by molar-refractivity contribution is -0.000950. The van der Waals surface area contributed by atoms with Crippen LogP contribution in [0.15, 0.2) is 18.2 Å². The second-order valence-electron chi connectivity index (χ2n) is 6.53. The molecule has 2 aliphatic rings. The number of benzene rings is 1. The van der Waals surface area contributed by atoms with Gasteiger partial charge in [-0.05, 0) is 49.3 Å². The van der Waals surface area contributed by atoms with Crippen molar-refractivity contribution in [2.45, 2.75) is 51.0 Å². The van der Waals surface area contributed by atoms with Crippen molar-refractivity contribution >= 4 is 5.97 Å². The smallest absolute Gasteiger partial charge is 0.338 e. The van der Waals surface area contributed by atoms with Crippen molar-refractivity contribution in [2.24, 2.45) is 11.8 Å². The number of aromatic hydroxyl groups is 1. The van der Waals surface area contributed by atoms with Gasteiger partial charge in [0.15, 0.2) is 11.5 Å². The van der Waals surface area contributed by atoms with E-state index in [4.69, 9.17) is 9.47 Å². The van der Waals surface area contributed by atoms with E-state index in [2.05, 4.69) is 0 Å². The summed E-state index contributed by atoms with van der Waals surface area (Å²) in [6, 6.07) is 4.57. The number of hydrogen-bond donors (Lipinski definition) is 1. The molecule has 0 heterocycles. The highest BCUT2D eigenvalue weighted by atomic mass is 16.5. The molecule has 2 aliphatic carbocycles. The molecule has 4 nitrogen and oxygen atoms in total. The summed E-state index contributed by atoms with van der Waals surface area (Å²) in [6.07, 6.45) is 8.50. The molecule has 4 heteroatoms. The summed E-state index contributed by atoms with van der Waals surface area (Å²) in [5, 5.41) is 9.59. The van der Waals surface area contributed by atoms with Gasteiger partial charge in [0.1, 0.15) is 6.10 Å². The van der Waals surface area contributed by atoms with Crippen LogP contribution in [-0.4, -0.2) is 24.3 Å². The van der Waals surface area contributed by atoms with E-state index in [0.717, 1.165) is 24.7 Å². The van der Waals surface area contributed by atoms with E-state index in [1.807, 2.05) is 0 Å². The molecule has 2 fully saturated rings. The maximum atomic E-state index is 12.3.